The zero-order valence-corrected chi connectivity index (χ0v) is 24.2. The van der Waals surface area contributed by atoms with E-state index in [-0.39, 0.29) is 30.3 Å². The van der Waals surface area contributed by atoms with Crippen molar-refractivity contribution in [1.29, 1.82) is 0 Å². The number of nitrogens with one attached hydrogen (secondary N) is 1. The number of amides is 1. The maximum atomic E-state index is 13.3. The van der Waals surface area contributed by atoms with Gasteiger partial charge >= 0.3 is 6.18 Å². The third kappa shape index (κ3) is 8.19. The topological polar surface area (TPSA) is 97.2 Å². The molecule has 1 aliphatic carbocycles. The number of benzene rings is 3. The lowest BCUT2D eigenvalue weighted by Crippen LogP contribution is -2.50. The molecule has 0 spiro atoms. The number of piperazine rings is 1. The Bertz CT molecular complexity index is 1410. The number of alkyl halides is 3. The van der Waals surface area contributed by atoms with E-state index in [1.807, 2.05) is 59.5 Å². The molecule has 1 N–H and O–H groups in total. The summed E-state index contributed by atoms with van der Waals surface area (Å²) < 4.78 is 51.7. The van der Waals surface area contributed by atoms with Crippen molar-refractivity contribution in [2.45, 2.75) is 50.6 Å². The van der Waals surface area contributed by atoms with Crippen LogP contribution in [0.1, 0.15) is 36.8 Å². The number of carbonyl (C=O) groups is 1. The zero-order chi connectivity index (χ0) is 31.1. The number of nitro groups is 1. The number of rotatable bonds is 10. The van der Waals surface area contributed by atoms with Gasteiger partial charge in [-0.2, -0.15) is 13.2 Å². The van der Waals surface area contributed by atoms with E-state index in [9.17, 15) is 28.1 Å². The lowest BCUT2D eigenvalue weighted by Gasteiger charge is -2.36. The molecule has 1 saturated heterocycles. The highest BCUT2D eigenvalue weighted by atomic mass is 19.4. The van der Waals surface area contributed by atoms with Gasteiger partial charge in [-0.1, -0.05) is 30.3 Å². The molecule has 0 bridgehead atoms. The molecule has 1 aliphatic heterocycles. The van der Waals surface area contributed by atoms with Gasteiger partial charge in [-0.15, -0.1) is 0 Å². The third-order valence-corrected chi connectivity index (χ3v) is 8.07. The molecule has 1 heterocycles. The summed E-state index contributed by atoms with van der Waals surface area (Å²) in [5.74, 6) is 0.746. The fourth-order valence-electron chi connectivity index (χ4n) is 5.61. The van der Waals surface area contributed by atoms with E-state index in [0.717, 1.165) is 29.1 Å². The first kappa shape index (κ1) is 31.1. The summed E-state index contributed by atoms with van der Waals surface area (Å²) >= 11 is 0. The maximum Gasteiger partial charge on any atom is 0.423 e. The van der Waals surface area contributed by atoms with Crippen LogP contribution >= 0.6 is 0 Å². The van der Waals surface area contributed by atoms with Crippen molar-refractivity contribution in [2.24, 2.45) is 0 Å². The molecule has 9 nitrogen and oxygen atoms in total. The molecule has 1 saturated carbocycles. The van der Waals surface area contributed by atoms with Crippen molar-refractivity contribution < 1.29 is 32.4 Å². The van der Waals surface area contributed by atoms with Gasteiger partial charge in [0.25, 0.3) is 5.69 Å². The molecular formula is C32H35F3N4O5. The quantitative estimate of drug-likeness (QED) is 0.213. The van der Waals surface area contributed by atoms with Gasteiger partial charge in [-0.25, -0.2) is 0 Å². The SMILES string of the molecule is O=C(COC1CCC(Nc2ccc([N+](=O)[O-])c(C(F)(F)F)c2)CC1)N1CCN(c2ccc(OCc3ccccc3)cc2)CC1. The molecule has 0 aromatic heterocycles. The molecule has 0 atom stereocenters. The highest BCUT2D eigenvalue weighted by Gasteiger charge is 2.38. The number of ether oxygens (including phenoxy) is 2. The third-order valence-electron chi connectivity index (χ3n) is 8.07. The Labute approximate surface area is 253 Å². The molecule has 3 aromatic rings. The predicted octanol–water partition coefficient (Wildman–Crippen LogP) is 6.28. The average molecular weight is 613 g/mol. The largest absolute Gasteiger partial charge is 0.489 e. The molecule has 5 rings (SSSR count). The molecular weight excluding hydrogens is 577 g/mol. The molecule has 1 amide bonds. The Morgan fingerprint density at radius 1 is 0.932 bits per heavy atom. The first-order valence-electron chi connectivity index (χ1n) is 14.7. The van der Waals surface area contributed by atoms with E-state index in [2.05, 4.69) is 10.2 Å². The van der Waals surface area contributed by atoms with Gasteiger partial charge in [0.15, 0.2) is 0 Å². The first-order valence-corrected chi connectivity index (χ1v) is 14.7. The molecule has 12 heteroatoms. The summed E-state index contributed by atoms with van der Waals surface area (Å²) in [5, 5.41) is 14.1. The van der Waals surface area contributed by atoms with Crippen molar-refractivity contribution in [1.82, 2.24) is 4.90 Å². The fraction of sp³-hybridized carbons (Fsp3) is 0.406. The summed E-state index contributed by atoms with van der Waals surface area (Å²) in [5.41, 5.74) is 0.135. The van der Waals surface area contributed by atoms with Crippen LogP contribution in [0.15, 0.2) is 72.8 Å². The highest BCUT2D eigenvalue weighted by molar-refractivity contribution is 5.77. The van der Waals surface area contributed by atoms with Crippen LogP contribution in [0.4, 0.5) is 30.2 Å². The number of hydrogen-bond acceptors (Lipinski definition) is 7. The summed E-state index contributed by atoms with van der Waals surface area (Å²) in [7, 11) is 0. The zero-order valence-electron chi connectivity index (χ0n) is 24.2. The minimum absolute atomic E-state index is 0.00644. The van der Waals surface area contributed by atoms with E-state index < -0.39 is 22.4 Å². The number of hydrogen-bond donors (Lipinski definition) is 1. The predicted molar refractivity (Wildman–Crippen MR) is 160 cm³/mol. The molecule has 2 fully saturated rings. The Morgan fingerprint density at radius 3 is 2.25 bits per heavy atom. The average Bonchev–Trinajstić information content (AvgIpc) is 3.03. The van der Waals surface area contributed by atoms with Crippen LogP contribution in [-0.2, 0) is 22.3 Å². The fourth-order valence-corrected chi connectivity index (χ4v) is 5.61. The van der Waals surface area contributed by atoms with Crippen LogP contribution in [0.5, 0.6) is 5.75 Å². The Balaban J connectivity index is 1.01. The lowest BCUT2D eigenvalue weighted by atomic mass is 9.92. The van der Waals surface area contributed by atoms with Gasteiger partial charge in [-0.05, 0) is 67.6 Å². The van der Waals surface area contributed by atoms with Gasteiger partial charge in [-0.3, -0.25) is 14.9 Å². The first-order chi connectivity index (χ1) is 21.2. The number of halogens is 3. The smallest absolute Gasteiger partial charge is 0.423 e. The monoisotopic (exact) mass is 612 g/mol. The van der Waals surface area contributed by atoms with E-state index in [1.54, 1.807) is 0 Å². The van der Waals surface area contributed by atoms with Crippen molar-refractivity contribution in [2.75, 3.05) is 43.0 Å². The van der Waals surface area contributed by atoms with Gasteiger partial charge in [0.1, 0.15) is 24.5 Å². The van der Waals surface area contributed by atoms with Crippen LogP contribution in [0, 0.1) is 10.1 Å². The minimum Gasteiger partial charge on any atom is -0.489 e. The molecule has 44 heavy (non-hydrogen) atoms. The maximum absolute atomic E-state index is 13.3. The number of anilines is 2. The molecule has 3 aromatic carbocycles. The van der Waals surface area contributed by atoms with Crippen molar-refractivity contribution in [3.63, 3.8) is 0 Å². The Morgan fingerprint density at radius 2 is 1.61 bits per heavy atom. The second kappa shape index (κ2) is 14.0. The van der Waals surface area contributed by atoms with Gasteiger partial charge < -0.3 is 24.6 Å². The summed E-state index contributed by atoms with van der Waals surface area (Å²) in [6, 6.07) is 20.8. The lowest BCUT2D eigenvalue weighted by molar-refractivity contribution is -0.388. The van der Waals surface area contributed by atoms with Gasteiger partial charge in [0.2, 0.25) is 5.91 Å². The number of carbonyl (C=O) groups excluding carboxylic acids is 1. The number of nitro benzene ring substituents is 1. The van der Waals surface area contributed by atoms with Crippen molar-refractivity contribution in [3.8, 4) is 5.75 Å². The number of nitrogens with zero attached hydrogens (tertiary/aromatic N) is 3. The van der Waals surface area contributed by atoms with E-state index >= 15 is 0 Å². The van der Waals surface area contributed by atoms with E-state index in [1.165, 1.54) is 6.07 Å². The van der Waals surface area contributed by atoms with Crippen LogP contribution in [0.25, 0.3) is 0 Å². The Kier molecular flexibility index (Phi) is 9.89. The molecule has 0 radical (unpaired) electrons. The van der Waals surface area contributed by atoms with Crippen LogP contribution in [-0.4, -0.2) is 60.7 Å². The van der Waals surface area contributed by atoms with Crippen molar-refractivity contribution >= 4 is 23.0 Å². The molecule has 0 unspecified atom stereocenters. The minimum atomic E-state index is -4.82. The second-order valence-electron chi connectivity index (χ2n) is 11.1. The van der Waals surface area contributed by atoms with Crippen LogP contribution in [0.3, 0.4) is 0 Å². The second-order valence-corrected chi connectivity index (χ2v) is 11.1. The van der Waals surface area contributed by atoms with Crippen LogP contribution in [0.2, 0.25) is 0 Å². The van der Waals surface area contributed by atoms with E-state index in [0.29, 0.717) is 58.5 Å². The van der Waals surface area contributed by atoms with Gasteiger partial charge in [0, 0.05) is 49.7 Å². The normalized spacial score (nSPS) is 19.0. The van der Waals surface area contributed by atoms with Crippen LogP contribution < -0.4 is 15.0 Å². The molecule has 2 aliphatic rings. The summed E-state index contributed by atoms with van der Waals surface area (Å²) in [6.07, 6.45) is -2.33. The standard InChI is InChI=1S/C32H35F3N4O5/c33-32(34,35)29-20-25(8-15-30(29)39(41)42)36-24-6-11-27(12-7-24)44-22-31(40)38-18-16-37(17-19-38)26-9-13-28(14-10-26)43-21-23-4-2-1-3-5-23/h1-5,8-10,13-15,20,24,27,36H,6-7,11-12,16-19,21-22H2. The summed E-state index contributed by atoms with van der Waals surface area (Å²) in [4.78, 5) is 26.8. The van der Waals surface area contributed by atoms with Crippen molar-refractivity contribution in [3.05, 3.63) is 94.0 Å². The summed E-state index contributed by atoms with van der Waals surface area (Å²) in [6.45, 7) is 3.13. The Hall–Kier alpha value is -4.32. The van der Waals surface area contributed by atoms with E-state index in [4.69, 9.17) is 9.47 Å². The van der Waals surface area contributed by atoms with Gasteiger partial charge in [0.05, 0.1) is 11.0 Å². The highest BCUT2D eigenvalue weighted by Crippen LogP contribution is 2.38. The molecule has 234 valence electrons.